The van der Waals surface area contributed by atoms with Gasteiger partial charge in [-0.3, -0.25) is 9.69 Å². The Morgan fingerprint density at radius 3 is 3.10 bits per heavy atom. The highest BCUT2D eigenvalue weighted by atomic mass is 16.2. The maximum atomic E-state index is 11.8. The number of benzene rings is 1. The number of aryl methyl sites for hydroxylation is 1. The zero-order valence-electron chi connectivity index (χ0n) is 11.7. The number of nitriles is 1. The molecule has 2 aliphatic heterocycles. The van der Waals surface area contributed by atoms with E-state index < -0.39 is 0 Å². The van der Waals surface area contributed by atoms with E-state index in [2.05, 4.69) is 23.2 Å². The van der Waals surface area contributed by atoms with Crippen LogP contribution in [0.1, 0.15) is 29.5 Å². The van der Waals surface area contributed by atoms with Crippen LogP contribution in [0.4, 0.5) is 0 Å². The van der Waals surface area contributed by atoms with E-state index in [1.54, 1.807) is 0 Å². The third-order valence-electron chi connectivity index (χ3n) is 4.56. The number of hydrogen-bond donors (Lipinski definition) is 1. The smallest absolute Gasteiger partial charge is 0.224 e. The molecule has 0 radical (unpaired) electrons. The predicted molar refractivity (Wildman–Crippen MR) is 75.8 cm³/mol. The molecule has 2 saturated heterocycles. The van der Waals surface area contributed by atoms with Crippen LogP contribution in [0.5, 0.6) is 0 Å². The van der Waals surface area contributed by atoms with Gasteiger partial charge >= 0.3 is 0 Å². The van der Waals surface area contributed by atoms with Gasteiger partial charge in [0.15, 0.2) is 0 Å². The fraction of sp³-hybridized carbons (Fsp3) is 0.500. The lowest BCUT2D eigenvalue weighted by molar-refractivity contribution is -0.124. The number of likely N-dealkylation sites (tertiary alicyclic amines) is 1. The van der Waals surface area contributed by atoms with E-state index in [9.17, 15) is 4.79 Å². The number of amides is 1. The molecule has 2 unspecified atom stereocenters. The van der Waals surface area contributed by atoms with Gasteiger partial charge < -0.3 is 5.32 Å². The van der Waals surface area contributed by atoms with Crippen LogP contribution in [0.15, 0.2) is 18.2 Å². The monoisotopic (exact) mass is 269 g/mol. The molecule has 1 aromatic carbocycles. The minimum absolute atomic E-state index is 0.169. The Morgan fingerprint density at radius 1 is 1.50 bits per heavy atom. The molecule has 0 aromatic heterocycles. The molecular weight excluding hydrogens is 250 g/mol. The zero-order chi connectivity index (χ0) is 14.1. The van der Waals surface area contributed by atoms with Gasteiger partial charge in [0, 0.05) is 19.1 Å². The quantitative estimate of drug-likeness (QED) is 0.886. The second kappa shape index (κ2) is 5.26. The van der Waals surface area contributed by atoms with Crippen molar-refractivity contribution in [2.75, 3.05) is 13.1 Å². The fourth-order valence-corrected chi connectivity index (χ4v) is 3.40. The zero-order valence-corrected chi connectivity index (χ0v) is 11.7. The Kier molecular flexibility index (Phi) is 3.45. The SMILES string of the molecule is Cc1cc(C#N)ccc1CN1CCCC2C(=O)NCC21. The third kappa shape index (κ3) is 2.30. The summed E-state index contributed by atoms with van der Waals surface area (Å²) in [6.07, 6.45) is 2.10. The first-order chi connectivity index (χ1) is 9.69. The molecule has 4 nitrogen and oxygen atoms in total. The maximum absolute atomic E-state index is 11.8. The summed E-state index contributed by atoms with van der Waals surface area (Å²) in [6, 6.07) is 8.37. The molecular formula is C16H19N3O. The fourth-order valence-electron chi connectivity index (χ4n) is 3.40. The largest absolute Gasteiger partial charge is 0.354 e. The van der Waals surface area contributed by atoms with E-state index in [1.165, 1.54) is 5.56 Å². The normalized spacial score (nSPS) is 25.9. The highest BCUT2D eigenvalue weighted by molar-refractivity contribution is 5.82. The molecule has 1 N–H and O–H groups in total. The number of rotatable bonds is 2. The predicted octanol–water partition coefficient (Wildman–Crippen LogP) is 1.58. The first kappa shape index (κ1) is 13.1. The van der Waals surface area contributed by atoms with Gasteiger partial charge in [-0.25, -0.2) is 0 Å². The van der Waals surface area contributed by atoms with Crippen molar-refractivity contribution in [2.45, 2.75) is 32.4 Å². The highest BCUT2D eigenvalue weighted by Crippen LogP contribution is 2.29. The Bertz CT molecular complexity index is 576. The van der Waals surface area contributed by atoms with Gasteiger partial charge in [-0.05, 0) is 49.6 Å². The molecule has 2 aliphatic rings. The minimum Gasteiger partial charge on any atom is -0.354 e. The average Bonchev–Trinajstić information content (AvgIpc) is 2.84. The van der Waals surface area contributed by atoms with Crippen molar-refractivity contribution in [2.24, 2.45) is 5.92 Å². The van der Waals surface area contributed by atoms with Crippen LogP contribution in [0, 0.1) is 24.2 Å². The molecule has 20 heavy (non-hydrogen) atoms. The standard InChI is InChI=1S/C16H19N3O/c1-11-7-12(8-17)4-5-13(11)10-19-6-2-3-14-15(19)9-18-16(14)20/h4-5,7,14-15H,2-3,6,9-10H2,1H3,(H,18,20). The molecule has 4 heteroatoms. The van der Waals surface area contributed by atoms with Crippen LogP contribution in [-0.4, -0.2) is 29.9 Å². The summed E-state index contributed by atoms with van der Waals surface area (Å²) in [6.45, 7) is 4.75. The molecule has 0 aliphatic carbocycles. The Morgan fingerprint density at radius 2 is 2.35 bits per heavy atom. The van der Waals surface area contributed by atoms with Crippen molar-refractivity contribution in [1.82, 2.24) is 10.2 Å². The van der Waals surface area contributed by atoms with Gasteiger partial charge in [0.25, 0.3) is 0 Å². The second-order valence-electron chi connectivity index (χ2n) is 5.78. The number of nitrogens with one attached hydrogen (secondary N) is 1. The molecule has 2 heterocycles. The number of carbonyl (C=O) groups is 1. The van der Waals surface area contributed by atoms with E-state index in [4.69, 9.17) is 5.26 Å². The van der Waals surface area contributed by atoms with Crippen LogP contribution in [0.3, 0.4) is 0 Å². The van der Waals surface area contributed by atoms with Crippen LogP contribution in [-0.2, 0) is 11.3 Å². The van der Waals surface area contributed by atoms with Gasteiger partial charge in [-0.1, -0.05) is 6.07 Å². The van der Waals surface area contributed by atoms with Crippen LogP contribution in [0.25, 0.3) is 0 Å². The average molecular weight is 269 g/mol. The van der Waals surface area contributed by atoms with Gasteiger partial charge in [0.1, 0.15) is 0 Å². The van der Waals surface area contributed by atoms with Gasteiger partial charge in [-0.15, -0.1) is 0 Å². The summed E-state index contributed by atoms with van der Waals surface area (Å²) in [5, 5.41) is 11.9. The molecule has 1 aromatic rings. The topological polar surface area (TPSA) is 56.1 Å². The molecule has 0 spiro atoms. The number of fused-ring (bicyclic) bond motifs is 1. The minimum atomic E-state index is 0.169. The van der Waals surface area contributed by atoms with E-state index in [0.29, 0.717) is 11.6 Å². The van der Waals surface area contributed by atoms with Gasteiger partial charge in [0.2, 0.25) is 5.91 Å². The summed E-state index contributed by atoms with van der Waals surface area (Å²) in [5.41, 5.74) is 3.12. The maximum Gasteiger partial charge on any atom is 0.224 e. The third-order valence-corrected chi connectivity index (χ3v) is 4.56. The summed E-state index contributed by atoms with van der Waals surface area (Å²) in [5.74, 6) is 0.388. The van der Waals surface area contributed by atoms with Crippen molar-refractivity contribution in [1.29, 1.82) is 5.26 Å². The van der Waals surface area contributed by atoms with E-state index >= 15 is 0 Å². The van der Waals surface area contributed by atoms with Crippen molar-refractivity contribution in [3.05, 3.63) is 34.9 Å². The first-order valence-electron chi connectivity index (χ1n) is 7.20. The summed E-state index contributed by atoms with van der Waals surface area (Å²) in [4.78, 5) is 14.2. The number of piperidine rings is 1. The van der Waals surface area contributed by atoms with E-state index in [1.807, 2.05) is 18.2 Å². The molecule has 1 amide bonds. The van der Waals surface area contributed by atoms with Crippen molar-refractivity contribution < 1.29 is 4.79 Å². The molecule has 2 atom stereocenters. The number of carbonyl (C=O) groups excluding carboxylic acids is 1. The summed E-state index contributed by atoms with van der Waals surface area (Å²) < 4.78 is 0. The molecule has 104 valence electrons. The number of nitrogens with zero attached hydrogens (tertiary/aromatic N) is 2. The molecule has 0 saturated carbocycles. The van der Waals surface area contributed by atoms with Gasteiger partial charge in [-0.2, -0.15) is 5.26 Å². The number of hydrogen-bond acceptors (Lipinski definition) is 3. The molecule has 3 rings (SSSR count). The Balaban J connectivity index is 1.77. The van der Waals surface area contributed by atoms with Crippen molar-refractivity contribution in [3.63, 3.8) is 0 Å². The molecule has 2 fully saturated rings. The van der Waals surface area contributed by atoms with Crippen LogP contribution >= 0.6 is 0 Å². The molecule has 0 bridgehead atoms. The lowest BCUT2D eigenvalue weighted by Gasteiger charge is -2.36. The van der Waals surface area contributed by atoms with Crippen molar-refractivity contribution >= 4 is 5.91 Å². The lowest BCUT2D eigenvalue weighted by Crippen LogP contribution is -2.45. The van der Waals surface area contributed by atoms with Crippen LogP contribution < -0.4 is 5.32 Å². The first-order valence-corrected chi connectivity index (χ1v) is 7.20. The summed E-state index contributed by atoms with van der Waals surface area (Å²) >= 11 is 0. The van der Waals surface area contributed by atoms with Crippen molar-refractivity contribution in [3.8, 4) is 6.07 Å². The Hall–Kier alpha value is -1.86. The lowest BCUT2D eigenvalue weighted by atomic mass is 9.91. The van der Waals surface area contributed by atoms with Crippen LogP contribution in [0.2, 0.25) is 0 Å². The highest BCUT2D eigenvalue weighted by Gasteiger charge is 2.40. The van der Waals surface area contributed by atoms with E-state index in [0.717, 1.165) is 38.0 Å². The Labute approximate surface area is 119 Å². The van der Waals surface area contributed by atoms with Gasteiger partial charge in [0.05, 0.1) is 17.6 Å². The summed E-state index contributed by atoms with van der Waals surface area (Å²) in [7, 11) is 0. The van der Waals surface area contributed by atoms with E-state index in [-0.39, 0.29) is 11.8 Å². The second-order valence-corrected chi connectivity index (χ2v) is 5.78.